The zero-order valence-corrected chi connectivity index (χ0v) is 6.49. The maximum Gasteiger partial charge on any atom is 0.0932 e. The van der Waals surface area contributed by atoms with E-state index in [9.17, 15) is 10.2 Å². The highest BCUT2D eigenvalue weighted by molar-refractivity contribution is 4.97. The summed E-state index contributed by atoms with van der Waals surface area (Å²) in [5.41, 5.74) is -0.612. The highest BCUT2D eigenvalue weighted by atomic mass is 16.5. The van der Waals surface area contributed by atoms with Gasteiger partial charge in [0, 0.05) is 19.4 Å². The zero-order valence-electron chi connectivity index (χ0n) is 6.49. The van der Waals surface area contributed by atoms with E-state index in [1.54, 1.807) is 0 Å². The van der Waals surface area contributed by atoms with Crippen molar-refractivity contribution in [3.8, 4) is 0 Å². The molecule has 0 amide bonds. The molecule has 2 aliphatic rings. The molecule has 0 aromatic carbocycles. The molecule has 0 aromatic heterocycles. The van der Waals surface area contributed by atoms with Gasteiger partial charge in [-0.1, -0.05) is 0 Å². The lowest BCUT2D eigenvalue weighted by Crippen LogP contribution is -2.44. The van der Waals surface area contributed by atoms with Crippen molar-refractivity contribution in [3.05, 3.63) is 0 Å². The van der Waals surface area contributed by atoms with E-state index in [0.29, 0.717) is 19.4 Å². The zero-order chi connectivity index (χ0) is 7.90. The Balaban J connectivity index is 2.08. The molecule has 3 nitrogen and oxygen atoms in total. The Bertz CT molecular complexity index is 159. The first-order chi connectivity index (χ1) is 5.21. The summed E-state index contributed by atoms with van der Waals surface area (Å²) in [6, 6.07) is 0. The summed E-state index contributed by atoms with van der Waals surface area (Å²) < 4.78 is 5.32. The average Bonchev–Trinajstić information content (AvgIpc) is 2.31. The fourth-order valence-electron chi connectivity index (χ4n) is 2.05. The quantitative estimate of drug-likeness (QED) is 0.523. The van der Waals surface area contributed by atoms with Crippen LogP contribution in [0.1, 0.15) is 25.7 Å². The summed E-state index contributed by atoms with van der Waals surface area (Å²) in [6.45, 7) is 0.647. The topological polar surface area (TPSA) is 49.7 Å². The Morgan fingerprint density at radius 1 is 1.36 bits per heavy atom. The van der Waals surface area contributed by atoms with Crippen LogP contribution >= 0.6 is 0 Å². The van der Waals surface area contributed by atoms with Crippen molar-refractivity contribution in [2.75, 3.05) is 6.61 Å². The number of hydrogen-bond donors (Lipinski definition) is 2. The molecule has 3 atom stereocenters. The van der Waals surface area contributed by atoms with Crippen LogP contribution in [0.5, 0.6) is 0 Å². The van der Waals surface area contributed by atoms with E-state index in [4.69, 9.17) is 4.74 Å². The van der Waals surface area contributed by atoms with E-state index >= 15 is 0 Å². The molecule has 1 saturated heterocycles. The largest absolute Gasteiger partial charge is 0.393 e. The molecule has 3 heteroatoms. The summed E-state index contributed by atoms with van der Waals surface area (Å²) in [7, 11) is 0. The maximum atomic E-state index is 9.89. The Morgan fingerprint density at radius 2 is 2.18 bits per heavy atom. The lowest BCUT2D eigenvalue weighted by atomic mass is 9.80. The van der Waals surface area contributed by atoms with Crippen LogP contribution < -0.4 is 0 Å². The summed E-state index contributed by atoms with van der Waals surface area (Å²) >= 11 is 0. The summed E-state index contributed by atoms with van der Waals surface area (Å²) in [6.07, 6.45) is 2.39. The van der Waals surface area contributed by atoms with Crippen LogP contribution in [0, 0.1) is 0 Å². The molecule has 1 aliphatic heterocycles. The minimum absolute atomic E-state index is 0.105. The molecule has 0 spiro atoms. The molecule has 0 bridgehead atoms. The summed E-state index contributed by atoms with van der Waals surface area (Å²) in [5, 5.41) is 19.2. The molecule has 0 radical (unpaired) electrons. The smallest absolute Gasteiger partial charge is 0.0932 e. The second kappa shape index (κ2) is 2.44. The van der Waals surface area contributed by atoms with Crippen molar-refractivity contribution in [3.63, 3.8) is 0 Å². The van der Waals surface area contributed by atoms with E-state index in [1.165, 1.54) is 0 Å². The van der Waals surface area contributed by atoms with Crippen molar-refractivity contribution in [1.29, 1.82) is 0 Å². The lowest BCUT2D eigenvalue weighted by Gasteiger charge is -2.35. The second-order valence-electron chi connectivity index (χ2n) is 3.64. The minimum atomic E-state index is -0.612. The van der Waals surface area contributed by atoms with Crippen molar-refractivity contribution < 1.29 is 14.9 Å². The van der Waals surface area contributed by atoms with Gasteiger partial charge in [0.2, 0.25) is 0 Å². The number of rotatable bonds is 0. The van der Waals surface area contributed by atoms with Gasteiger partial charge in [0.15, 0.2) is 0 Å². The van der Waals surface area contributed by atoms with Gasteiger partial charge in [0.25, 0.3) is 0 Å². The third-order valence-corrected chi connectivity index (χ3v) is 2.85. The predicted octanol–water partition coefficient (Wildman–Crippen LogP) is 0.0512. The van der Waals surface area contributed by atoms with Crippen LogP contribution in [0.15, 0.2) is 0 Å². The highest BCUT2D eigenvalue weighted by Gasteiger charge is 2.46. The van der Waals surface area contributed by atoms with Gasteiger partial charge >= 0.3 is 0 Å². The minimum Gasteiger partial charge on any atom is -0.393 e. The van der Waals surface area contributed by atoms with E-state index in [2.05, 4.69) is 0 Å². The summed E-state index contributed by atoms with van der Waals surface area (Å²) in [4.78, 5) is 0. The molecular weight excluding hydrogens is 144 g/mol. The first kappa shape index (κ1) is 7.53. The predicted molar refractivity (Wildman–Crippen MR) is 39.2 cm³/mol. The van der Waals surface area contributed by atoms with E-state index in [0.717, 1.165) is 12.8 Å². The normalized spacial score (nSPS) is 50.7. The van der Waals surface area contributed by atoms with Crippen molar-refractivity contribution in [2.24, 2.45) is 0 Å². The number of ether oxygens (including phenoxy) is 1. The number of hydrogen-bond acceptors (Lipinski definition) is 3. The van der Waals surface area contributed by atoms with E-state index in [1.807, 2.05) is 0 Å². The third-order valence-electron chi connectivity index (χ3n) is 2.85. The molecule has 1 heterocycles. The molecule has 1 saturated carbocycles. The molecule has 11 heavy (non-hydrogen) atoms. The Kier molecular flexibility index (Phi) is 1.67. The van der Waals surface area contributed by atoms with Crippen molar-refractivity contribution in [2.45, 2.75) is 43.5 Å². The average molecular weight is 158 g/mol. The molecular formula is C8H14O3. The van der Waals surface area contributed by atoms with E-state index < -0.39 is 5.60 Å². The van der Waals surface area contributed by atoms with Crippen LogP contribution in [-0.2, 0) is 4.74 Å². The second-order valence-corrected chi connectivity index (χ2v) is 3.64. The Hall–Kier alpha value is -0.120. The van der Waals surface area contributed by atoms with E-state index in [-0.39, 0.29) is 12.2 Å². The van der Waals surface area contributed by atoms with Gasteiger partial charge in [-0.15, -0.1) is 0 Å². The van der Waals surface area contributed by atoms with Crippen LogP contribution in [0.25, 0.3) is 0 Å². The number of fused-ring (bicyclic) bond motifs is 1. The maximum absolute atomic E-state index is 9.89. The van der Waals surface area contributed by atoms with Gasteiger partial charge in [0.05, 0.1) is 17.8 Å². The van der Waals surface area contributed by atoms with Crippen LogP contribution in [0.4, 0.5) is 0 Å². The molecule has 2 N–H and O–H groups in total. The third kappa shape index (κ3) is 1.17. The number of aliphatic hydroxyl groups excluding tert-OH is 1. The molecule has 1 aliphatic carbocycles. The van der Waals surface area contributed by atoms with Crippen molar-refractivity contribution >= 4 is 0 Å². The molecule has 2 fully saturated rings. The molecule has 64 valence electrons. The highest BCUT2D eigenvalue weighted by Crippen LogP contribution is 2.37. The number of aliphatic hydroxyl groups is 2. The first-order valence-electron chi connectivity index (χ1n) is 4.23. The van der Waals surface area contributed by atoms with Gasteiger partial charge in [0.1, 0.15) is 0 Å². The Morgan fingerprint density at radius 3 is 3.00 bits per heavy atom. The fourth-order valence-corrected chi connectivity index (χ4v) is 2.05. The lowest BCUT2D eigenvalue weighted by molar-refractivity contribution is -0.0935. The monoisotopic (exact) mass is 158 g/mol. The Labute approximate surface area is 66.0 Å². The van der Waals surface area contributed by atoms with Gasteiger partial charge in [-0.25, -0.2) is 0 Å². The van der Waals surface area contributed by atoms with Crippen LogP contribution in [0.2, 0.25) is 0 Å². The van der Waals surface area contributed by atoms with Gasteiger partial charge in [-0.2, -0.15) is 0 Å². The SMILES string of the molecule is OC1CC[C@]2(O)CCO[C@H]2C1. The summed E-state index contributed by atoms with van der Waals surface area (Å²) in [5.74, 6) is 0. The van der Waals surface area contributed by atoms with Crippen molar-refractivity contribution in [1.82, 2.24) is 0 Å². The standard InChI is InChI=1S/C8H14O3/c9-6-1-2-8(10)3-4-11-7(8)5-6/h6-7,9-10H,1-5H2/t6?,7-,8-/m0/s1. The van der Waals surface area contributed by atoms with Gasteiger partial charge in [-0.05, 0) is 12.8 Å². The fraction of sp³-hybridized carbons (Fsp3) is 1.00. The first-order valence-corrected chi connectivity index (χ1v) is 4.23. The van der Waals surface area contributed by atoms with Crippen LogP contribution in [-0.4, -0.2) is 34.6 Å². The van der Waals surface area contributed by atoms with Gasteiger partial charge < -0.3 is 14.9 Å². The molecule has 2 rings (SSSR count). The molecule has 1 unspecified atom stereocenters. The molecule has 0 aromatic rings. The van der Waals surface area contributed by atoms with Gasteiger partial charge in [-0.3, -0.25) is 0 Å². The van der Waals surface area contributed by atoms with Crippen LogP contribution in [0.3, 0.4) is 0 Å².